The molecule has 3 aromatic carbocycles. The minimum Gasteiger partial charge on any atom is -0.392 e. The molecular weight excluding hydrogens is 480 g/mol. The van der Waals surface area contributed by atoms with Crippen LogP contribution in [0.3, 0.4) is 0 Å². The number of fused-ring (bicyclic) bond motifs is 1. The zero-order valence-corrected chi connectivity index (χ0v) is 22.2. The number of aliphatic hydroxyl groups is 1. The first-order valence-electron chi connectivity index (χ1n) is 13.2. The van der Waals surface area contributed by atoms with Crippen LogP contribution in [0.2, 0.25) is 5.02 Å². The Morgan fingerprint density at radius 1 is 0.892 bits per heavy atom. The van der Waals surface area contributed by atoms with Crippen LogP contribution < -0.4 is 10.2 Å². The van der Waals surface area contributed by atoms with Gasteiger partial charge in [-0.1, -0.05) is 67.1 Å². The number of pyridine rings is 1. The summed E-state index contributed by atoms with van der Waals surface area (Å²) in [5.74, 6) is 0. The first-order valence-corrected chi connectivity index (χ1v) is 13.6. The topological polar surface area (TPSA) is 51.6 Å². The number of rotatable bonds is 9. The molecule has 1 aliphatic rings. The summed E-state index contributed by atoms with van der Waals surface area (Å²) in [5.41, 5.74) is 6.95. The van der Waals surface area contributed by atoms with Crippen LogP contribution in [0.15, 0.2) is 79.0 Å². The number of aliphatic hydroxyl groups excluding tert-OH is 1. The lowest BCUT2D eigenvalue weighted by molar-refractivity contribution is 0.256. The smallest absolute Gasteiger partial charge is 0.0737 e. The maximum absolute atomic E-state index is 9.45. The average Bonchev–Trinajstić information content (AvgIpc) is 2.95. The van der Waals surface area contributed by atoms with Crippen LogP contribution in [0.4, 0.5) is 5.69 Å². The quantitative estimate of drug-likeness (QED) is 0.311. The van der Waals surface area contributed by atoms with E-state index in [1.165, 1.54) is 22.4 Å². The molecule has 192 valence electrons. The van der Waals surface area contributed by atoms with E-state index in [-0.39, 0.29) is 12.6 Å². The Labute approximate surface area is 224 Å². The highest BCUT2D eigenvalue weighted by Crippen LogP contribution is 2.28. The van der Waals surface area contributed by atoms with Gasteiger partial charge in [-0.25, -0.2) is 0 Å². The van der Waals surface area contributed by atoms with E-state index in [1.54, 1.807) is 0 Å². The molecule has 1 aliphatic heterocycles. The largest absolute Gasteiger partial charge is 0.392 e. The van der Waals surface area contributed by atoms with Crippen molar-refractivity contribution in [3.63, 3.8) is 0 Å². The van der Waals surface area contributed by atoms with E-state index >= 15 is 0 Å². The SMILES string of the molecule is CCc1ccc(C(NCCN2CCN(c3ccnc4cc(Cl)ccc34)CC2)c2ccc(CO)cc2)cc1. The number of halogens is 1. The van der Waals surface area contributed by atoms with Crippen molar-refractivity contribution in [1.29, 1.82) is 0 Å². The number of nitrogens with one attached hydrogen (secondary N) is 1. The van der Waals surface area contributed by atoms with Gasteiger partial charge in [-0.3, -0.25) is 9.88 Å². The maximum Gasteiger partial charge on any atom is 0.0737 e. The Hall–Kier alpha value is -2.96. The molecule has 4 aromatic rings. The third kappa shape index (κ3) is 6.13. The Bertz CT molecular complexity index is 1250. The summed E-state index contributed by atoms with van der Waals surface area (Å²) in [5, 5.41) is 15.1. The molecule has 2 heterocycles. The number of hydrogen-bond donors (Lipinski definition) is 2. The number of hydrogen-bond acceptors (Lipinski definition) is 5. The van der Waals surface area contributed by atoms with Crippen LogP contribution in [0.25, 0.3) is 10.9 Å². The first-order chi connectivity index (χ1) is 18.1. The zero-order chi connectivity index (χ0) is 25.6. The molecule has 0 aliphatic carbocycles. The Morgan fingerprint density at radius 2 is 1.57 bits per heavy atom. The number of aromatic nitrogens is 1. The summed E-state index contributed by atoms with van der Waals surface area (Å²) in [4.78, 5) is 9.49. The summed E-state index contributed by atoms with van der Waals surface area (Å²) < 4.78 is 0. The third-order valence-electron chi connectivity index (χ3n) is 7.39. The van der Waals surface area contributed by atoms with Crippen molar-refractivity contribution in [2.75, 3.05) is 44.2 Å². The van der Waals surface area contributed by atoms with Crippen molar-refractivity contribution >= 4 is 28.2 Å². The second-order valence-electron chi connectivity index (χ2n) is 9.70. The van der Waals surface area contributed by atoms with E-state index in [4.69, 9.17) is 11.6 Å². The van der Waals surface area contributed by atoms with Crippen molar-refractivity contribution < 1.29 is 5.11 Å². The van der Waals surface area contributed by atoms with Gasteiger partial charge in [0.25, 0.3) is 0 Å². The summed E-state index contributed by atoms with van der Waals surface area (Å²) in [7, 11) is 0. The van der Waals surface area contributed by atoms with E-state index < -0.39 is 0 Å². The molecule has 0 saturated carbocycles. The molecule has 1 aromatic heterocycles. The molecule has 0 bridgehead atoms. The van der Waals surface area contributed by atoms with E-state index in [0.717, 1.165) is 67.2 Å². The van der Waals surface area contributed by atoms with Crippen molar-refractivity contribution in [2.45, 2.75) is 26.0 Å². The molecule has 6 heteroatoms. The van der Waals surface area contributed by atoms with Crippen LogP contribution >= 0.6 is 11.6 Å². The van der Waals surface area contributed by atoms with Gasteiger partial charge in [0, 0.05) is 61.6 Å². The number of benzene rings is 3. The highest BCUT2D eigenvalue weighted by atomic mass is 35.5. The predicted octanol–water partition coefficient (Wildman–Crippen LogP) is 5.44. The van der Waals surface area contributed by atoms with Gasteiger partial charge in [-0.05, 0) is 52.9 Å². The maximum atomic E-state index is 9.45. The van der Waals surface area contributed by atoms with E-state index in [2.05, 4.69) is 75.6 Å². The average molecular weight is 515 g/mol. The number of piperazine rings is 1. The first kappa shape index (κ1) is 25.7. The lowest BCUT2D eigenvalue weighted by Gasteiger charge is -2.36. The Morgan fingerprint density at radius 3 is 2.22 bits per heavy atom. The van der Waals surface area contributed by atoms with Crippen molar-refractivity contribution in [3.8, 4) is 0 Å². The Balaban J connectivity index is 1.21. The normalized spacial score (nSPS) is 15.3. The zero-order valence-electron chi connectivity index (χ0n) is 21.4. The molecule has 1 saturated heterocycles. The van der Waals surface area contributed by atoms with Gasteiger partial charge in [-0.2, -0.15) is 0 Å². The minimum atomic E-state index is 0.0680. The van der Waals surface area contributed by atoms with E-state index in [0.29, 0.717) is 0 Å². The second kappa shape index (κ2) is 12.1. The molecule has 0 amide bonds. The molecule has 0 spiro atoms. The van der Waals surface area contributed by atoms with Gasteiger partial charge in [0.1, 0.15) is 0 Å². The highest BCUT2D eigenvalue weighted by molar-refractivity contribution is 6.31. The molecule has 1 unspecified atom stereocenters. The fraction of sp³-hybridized carbons (Fsp3) is 0.323. The van der Waals surface area contributed by atoms with Gasteiger partial charge >= 0.3 is 0 Å². The summed E-state index contributed by atoms with van der Waals surface area (Å²) in [6, 6.07) is 25.4. The molecule has 2 N–H and O–H groups in total. The summed E-state index contributed by atoms with van der Waals surface area (Å²) in [6.45, 7) is 8.19. The standard InChI is InChI=1S/C31H35ClN4O/c1-2-23-3-7-25(8-4-23)31(26-9-5-24(22-37)6-10-26)34-15-16-35-17-19-36(20-18-35)30-13-14-33-29-21-27(32)11-12-28(29)30/h3-14,21,31,34,37H,2,15-20,22H2,1H3. The van der Waals surface area contributed by atoms with Gasteiger partial charge in [0.2, 0.25) is 0 Å². The van der Waals surface area contributed by atoms with E-state index in [1.807, 2.05) is 30.5 Å². The lowest BCUT2D eigenvalue weighted by atomic mass is 9.96. The van der Waals surface area contributed by atoms with Gasteiger partial charge in [0.05, 0.1) is 18.2 Å². The minimum absolute atomic E-state index is 0.0680. The lowest BCUT2D eigenvalue weighted by Crippen LogP contribution is -2.48. The van der Waals surface area contributed by atoms with Crippen LogP contribution in [-0.2, 0) is 13.0 Å². The van der Waals surface area contributed by atoms with Crippen molar-refractivity contribution in [2.24, 2.45) is 0 Å². The predicted molar refractivity (Wildman–Crippen MR) is 153 cm³/mol. The van der Waals surface area contributed by atoms with Crippen molar-refractivity contribution in [3.05, 3.63) is 106 Å². The number of anilines is 1. The van der Waals surface area contributed by atoms with Crippen LogP contribution in [0.5, 0.6) is 0 Å². The molecule has 37 heavy (non-hydrogen) atoms. The number of aryl methyl sites for hydroxylation is 1. The van der Waals surface area contributed by atoms with Gasteiger partial charge in [0.15, 0.2) is 0 Å². The third-order valence-corrected chi connectivity index (χ3v) is 7.62. The summed E-state index contributed by atoms with van der Waals surface area (Å²) in [6.07, 6.45) is 2.92. The fourth-order valence-corrected chi connectivity index (χ4v) is 5.32. The molecule has 1 fully saturated rings. The monoisotopic (exact) mass is 514 g/mol. The molecule has 5 nitrogen and oxygen atoms in total. The Kier molecular flexibility index (Phi) is 8.37. The number of nitrogens with zero attached hydrogens (tertiary/aromatic N) is 3. The molecule has 0 radical (unpaired) electrons. The van der Waals surface area contributed by atoms with Crippen LogP contribution in [-0.4, -0.2) is 54.3 Å². The molecular formula is C31H35ClN4O. The second-order valence-corrected chi connectivity index (χ2v) is 10.1. The van der Waals surface area contributed by atoms with Gasteiger partial charge in [-0.15, -0.1) is 0 Å². The highest BCUT2D eigenvalue weighted by Gasteiger charge is 2.20. The molecule has 1 atom stereocenters. The fourth-order valence-electron chi connectivity index (χ4n) is 5.15. The van der Waals surface area contributed by atoms with Gasteiger partial charge < -0.3 is 15.3 Å². The van der Waals surface area contributed by atoms with Crippen molar-refractivity contribution in [1.82, 2.24) is 15.2 Å². The van der Waals surface area contributed by atoms with E-state index in [9.17, 15) is 5.11 Å². The molecule has 5 rings (SSSR count). The van der Waals surface area contributed by atoms with Crippen LogP contribution in [0.1, 0.15) is 35.2 Å². The van der Waals surface area contributed by atoms with Crippen LogP contribution in [0, 0.1) is 0 Å². The summed E-state index contributed by atoms with van der Waals surface area (Å²) >= 11 is 6.18.